The molecule has 2 aromatic rings. The van der Waals surface area contributed by atoms with Gasteiger partial charge in [0.05, 0.1) is 12.2 Å². The number of hydrogen-bond donors (Lipinski definition) is 2. The number of rotatable bonds is 9. The van der Waals surface area contributed by atoms with Gasteiger partial charge in [-0.15, -0.1) is 0 Å². The highest BCUT2D eigenvalue weighted by molar-refractivity contribution is 7.80. The first kappa shape index (κ1) is 20.4. The number of methoxy groups -OCH3 is 1. The fourth-order valence-electron chi connectivity index (χ4n) is 2.14. The molecule has 0 aromatic heterocycles. The molecule has 6 nitrogen and oxygen atoms in total. The van der Waals surface area contributed by atoms with Gasteiger partial charge in [-0.1, -0.05) is 24.8 Å². The lowest BCUT2D eigenvalue weighted by molar-refractivity contribution is 0.0970. The Morgan fingerprint density at radius 1 is 1.11 bits per heavy atom. The van der Waals surface area contributed by atoms with Crippen molar-refractivity contribution in [3.05, 3.63) is 66.7 Å². The van der Waals surface area contributed by atoms with Crippen molar-refractivity contribution in [2.24, 2.45) is 0 Å². The van der Waals surface area contributed by atoms with Crippen LogP contribution in [0.1, 0.15) is 10.4 Å². The van der Waals surface area contributed by atoms with Crippen LogP contribution < -0.4 is 20.1 Å². The first-order chi connectivity index (χ1) is 13.1. The number of para-hydroxylation sites is 1. The SMILES string of the molecule is C=CCOc1ccc(NC(=S)NC(=O)c2ccccc2OCCOC)cc1. The number of anilines is 1. The first-order valence-corrected chi connectivity index (χ1v) is 8.71. The molecular weight excluding hydrogens is 364 g/mol. The minimum atomic E-state index is -0.355. The van der Waals surface area contributed by atoms with Gasteiger partial charge in [0.2, 0.25) is 0 Å². The average molecular weight is 386 g/mol. The summed E-state index contributed by atoms with van der Waals surface area (Å²) in [6.45, 7) is 4.82. The predicted molar refractivity (Wildman–Crippen MR) is 110 cm³/mol. The van der Waals surface area contributed by atoms with E-state index in [0.717, 1.165) is 11.4 Å². The Morgan fingerprint density at radius 2 is 1.85 bits per heavy atom. The van der Waals surface area contributed by atoms with E-state index in [9.17, 15) is 4.79 Å². The minimum Gasteiger partial charge on any atom is -0.490 e. The van der Waals surface area contributed by atoms with Crippen LogP contribution in [0.5, 0.6) is 11.5 Å². The van der Waals surface area contributed by atoms with Crippen molar-refractivity contribution in [3.63, 3.8) is 0 Å². The van der Waals surface area contributed by atoms with Crippen LogP contribution in [0.15, 0.2) is 61.2 Å². The third-order valence-electron chi connectivity index (χ3n) is 3.38. The van der Waals surface area contributed by atoms with Gasteiger partial charge in [-0.3, -0.25) is 10.1 Å². The zero-order chi connectivity index (χ0) is 19.5. The van der Waals surface area contributed by atoms with Gasteiger partial charge in [0.25, 0.3) is 5.91 Å². The minimum absolute atomic E-state index is 0.187. The van der Waals surface area contributed by atoms with Gasteiger partial charge in [0, 0.05) is 12.8 Å². The second-order valence-electron chi connectivity index (χ2n) is 5.37. The van der Waals surface area contributed by atoms with Crippen molar-refractivity contribution in [1.29, 1.82) is 0 Å². The summed E-state index contributed by atoms with van der Waals surface area (Å²) in [6.07, 6.45) is 1.67. The molecule has 0 saturated carbocycles. The number of nitrogens with one attached hydrogen (secondary N) is 2. The maximum atomic E-state index is 12.5. The fourth-order valence-corrected chi connectivity index (χ4v) is 2.35. The van der Waals surface area contributed by atoms with E-state index in [1.54, 1.807) is 61.7 Å². The molecule has 0 unspecified atom stereocenters. The van der Waals surface area contributed by atoms with Crippen LogP contribution in [-0.4, -0.2) is 38.0 Å². The summed E-state index contributed by atoms with van der Waals surface area (Å²) in [4.78, 5) is 12.5. The highest BCUT2D eigenvalue weighted by atomic mass is 32.1. The molecule has 0 spiro atoms. The van der Waals surface area contributed by atoms with E-state index in [-0.39, 0.29) is 11.0 Å². The zero-order valence-corrected chi connectivity index (χ0v) is 15.9. The van der Waals surface area contributed by atoms with Crippen LogP contribution in [0.2, 0.25) is 0 Å². The number of thiocarbonyl (C=S) groups is 1. The van der Waals surface area contributed by atoms with Crippen molar-refractivity contribution in [2.45, 2.75) is 0 Å². The quantitative estimate of drug-likeness (QED) is 0.391. The lowest BCUT2D eigenvalue weighted by Crippen LogP contribution is -2.34. The van der Waals surface area contributed by atoms with E-state index in [0.29, 0.717) is 31.1 Å². The summed E-state index contributed by atoms with van der Waals surface area (Å²) in [5, 5.41) is 5.80. The number of ether oxygens (including phenoxy) is 3. The molecule has 142 valence electrons. The Hall–Kier alpha value is -2.90. The highest BCUT2D eigenvalue weighted by Gasteiger charge is 2.13. The van der Waals surface area contributed by atoms with Gasteiger partial charge in [-0.2, -0.15) is 0 Å². The average Bonchev–Trinajstić information content (AvgIpc) is 2.68. The van der Waals surface area contributed by atoms with Gasteiger partial charge in [0.15, 0.2) is 5.11 Å². The molecule has 0 aliphatic heterocycles. The third-order valence-corrected chi connectivity index (χ3v) is 3.59. The standard InChI is InChI=1S/C20H22N2O4S/c1-3-12-25-16-10-8-15(9-11-16)21-20(27)22-19(23)17-6-4-5-7-18(17)26-14-13-24-2/h3-11H,1,12-14H2,2H3,(H2,21,22,23,27). The molecule has 2 rings (SSSR count). The summed E-state index contributed by atoms with van der Waals surface area (Å²) in [7, 11) is 1.59. The van der Waals surface area contributed by atoms with E-state index in [2.05, 4.69) is 17.2 Å². The molecule has 0 aliphatic rings. The predicted octanol–water partition coefficient (Wildman–Crippen LogP) is 3.40. The molecule has 0 fully saturated rings. The van der Waals surface area contributed by atoms with Crippen molar-refractivity contribution >= 4 is 28.9 Å². The molecule has 2 N–H and O–H groups in total. The highest BCUT2D eigenvalue weighted by Crippen LogP contribution is 2.18. The molecular formula is C20H22N2O4S. The van der Waals surface area contributed by atoms with E-state index < -0.39 is 0 Å². The summed E-state index contributed by atoms with van der Waals surface area (Å²) < 4.78 is 15.9. The topological polar surface area (TPSA) is 68.8 Å². The largest absolute Gasteiger partial charge is 0.490 e. The van der Waals surface area contributed by atoms with Crippen molar-refractivity contribution < 1.29 is 19.0 Å². The van der Waals surface area contributed by atoms with E-state index in [1.807, 2.05) is 0 Å². The maximum Gasteiger partial charge on any atom is 0.261 e. The third kappa shape index (κ3) is 6.73. The van der Waals surface area contributed by atoms with Crippen LogP contribution in [0.3, 0.4) is 0 Å². The molecule has 0 bridgehead atoms. The number of carbonyl (C=O) groups is 1. The van der Waals surface area contributed by atoms with Crippen LogP contribution >= 0.6 is 12.2 Å². The molecule has 0 atom stereocenters. The fraction of sp³-hybridized carbons (Fsp3) is 0.200. The zero-order valence-electron chi connectivity index (χ0n) is 15.1. The number of benzene rings is 2. The molecule has 7 heteroatoms. The van der Waals surface area contributed by atoms with Crippen LogP contribution in [-0.2, 0) is 4.74 Å². The Kier molecular flexibility index (Phi) is 8.28. The second-order valence-corrected chi connectivity index (χ2v) is 5.78. The van der Waals surface area contributed by atoms with E-state index in [4.69, 9.17) is 26.4 Å². The van der Waals surface area contributed by atoms with Crippen molar-refractivity contribution in [2.75, 3.05) is 32.2 Å². The Bertz CT molecular complexity index is 778. The molecule has 0 aliphatic carbocycles. The molecule has 0 heterocycles. The smallest absolute Gasteiger partial charge is 0.261 e. The molecule has 1 amide bonds. The van der Waals surface area contributed by atoms with Crippen molar-refractivity contribution in [3.8, 4) is 11.5 Å². The number of hydrogen-bond acceptors (Lipinski definition) is 5. The van der Waals surface area contributed by atoms with Gasteiger partial charge in [-0.05, 0) is 48.6 Å². The second kappa shape index (κ2) is 10.9. The lowest BCUT2D eigenvalue weighted by atomic mass is 10.2. The molecule has 27 heavy (non-hydrogen) atoms. The van der Waals surface area contributed by atoms with Crippen LogP contribution in [0.25, 0.3) is 0 Å². The number of amides is 1. The monoisotopic (exact) mass is 386 g/mol. The number of carbonyl (C=O) groups excluding carboxylic acids is 1. The molecule has 0 saturated heterocycles. The van der Waals surface area contributed by atoms with Crippen LogP contribution in [0, 0.1) is 0 Å². The normalized spacial score (nSPS) is 9.96. The summed E-state index contributed by atoms with van der Waals surface area (Å²) in [6, 6.07) is 14.2. The summed E-state index contributed by atoms with van der Waals surface area (Å²) >= 11 is 5.22. The van der Waals surface area contributed by atoms with E-state index >= 15 is 0 Å². The Balaban J connectivity index is 1.93. The van der Waals surface area contributed by atoms with Gasteiger partial charge >= 0.3 is 0 Å². The van der Waals surface area contributed by atoms with E-state index in [1.165, 1.54) is 0 Å². The molecule has 2 aromatic carbocycles. The lowest BCUT2D eigenvalue weighted by Gasteiger charge is -2.13. The summed E-state index contributed by atoms with van der Waals surface area (Å²) in [5.74, 6) is 0.836. The Morgan fingerprint density at radius 3 is 2.56 bits per heavy atom. The summed E-state index contributed by atoms with van der Waals surface area (Å²) in [5.41, 5.74) is 1.13. The van der Waals surface area contributed by atoms with Crippen LogP contribution in [0.4, 0.5) is 5.69 Å². The molecule has 0 radical (unpaired) electrons. The Labute approximate surface area is 164 Å². The first-order valence-electron chi connectivity index (χ1n) is 8.31. The maximum absolute atomic E-state index is 12.5. The van der Waals surface area contributed by atoms with Gasteiger partial charge in [-0.25, -0.2) is 0 Å². The van der Waals surface area contributed by atoms with Gasteiger partial charge in [0.1, 0.15) is 24.7 Å². The van der Waals surface area contributed by atoms with Gasteiger partial charge < -0.3 is 19.5 Å². The van der Waals surface area contributed by atoms with Crippen molar-refractivity contribution in [1.82, 2.24) is 5.32 Å².